The van der Waals surface area contributed by atoms with Crippen molar-refractivity contribution in [3.63, 3.8) is 0 Å². The molecule has 1 fully saturated rings. The van der Waals surface area contributed by atoms with Crippen LogP contribution < -0.4 is 0 Å². The predicted molar refractivity (Wildman–Crippen MR) is 120 cm³/mol. The number of hydrogen-bond acceptors (Lipinski definition) is 4. The van der Waals surface area contributed by atoms with Crippen LogP contribution in [0.3, 0.4) is 0 Å². The van der Waals surface area contributed by atoms with Crippen LogP contribution in [0.15, 0.2) is 48.8 Å². The van der Waals surface area contributed by atoms with Crippen LogP contribution >= 0.6 is 0 Å². The lowest BCUT2D eigenvalue weighted by Crippen LogP contribution is -2.45. The van der Waals surface area contributed by atoms with Gasteiger partial charge in [0.05, 0.1) is 29.5 Å². The van der Waals surface area contributed by atoms with E-state index in [4.69, 9.17) is 0 Å². The third-order valence-corrected chi connectivity index (χ3v) is 6.92. The first kappa shape index (κ1) is 20.5. The zero-order valence-electron chi connectivity index (χ0n) is 18.2. The van der Waals surface area contributed by atoms with Crippen molar-refractivity contribution >= 4 is 5.91 Å². The summed E-state index contributed by atoms with van der Waals surface area (Å²) in [6.45, 7) is 2.42. The molecular weight excluding hydrogens is 400 g/mol. The normalized spacial score (nSPS) is 20.3. The van der Waals surface area contributed by atoms with E-state index in [0.717, 1.165) is 53.6 Å². The number of benzene rings is 2. The molecule has 0 saturated heterocycles. The van der Waals surface area contributed by atoms with Gasteiger partial charge in [0.1, 0.15) is 0 Å². The molecule has 5 rings (SSSR count). The Morgan fingerprint density at radius 3 is 2.69 bits per heavy atom. The zero-order chi connectivity index (χ0) is 22.2. The monoisotopic (exact) mass is 426 g/mol. The number of nitriles is 1. The molecule has 0 bridgehead atoms. The number of hydrogen-bond donors (Lipinski definition) is 1. The number of carbonyl (C=O) groups is 1. The number of aromatic nitrogens is 2. The highest BCUT2D eigenvalue weighted by atomic mass is 16.3. The van der Waals surface area contributed by atoms with Gasteiger partial charge in [-0.05, 0) is 72.7 Å². The standard InChI is InChI=1S/C26H26N4O2/c1-17-22(15-27)19(13-18-7-9-20(10-8-18)30-12-4-11-28-30)14-21-23(17)16-29(26(21)32)24-5-2-3-6-25(24)31/h4,7-12,14,24-25,31H,2-3,5-6,13,16H2,1H3/t24-,25-/m1/s1. The molecule has 1 aromatic heterocycles. The van der Waals surface area contributed by atoms with Crippen molar-refractivity contribution in [1.29, 1.82) is 5.26 Å². The Labute approximate surface area is 187 Å². The first-order chi connectivity index (χ1) is 15.6. The summed E-state index contributed by atoms with van der Waals surface area (Å²) in [7, 11) is 0. The van der Waals surface area contributed by atoms with Crippen molar-refractivity contribution in [3.05, 3.63) is 82.2 Å². The van der Waals surface area contributed by atoms with Crippen LogP contribution in [0.4, 0.5) is 0 Å². The average molecular weight is 427 g/mol. The minimum Gasteiger partial charge on any atom is -0.391 e. The third-order valence-electron chi connectivity index (χ3n) is 6.92. The molecule has 1 aliphatic heterocycles. The van der Waals surface area contributed by atoms with E-state index in [1.807, 2.05) is 54.4 Å². The summed E-state index contributed by atoms with van der Waals surface area (Å²) in [5.74, 6) is -0.0196. The molecule has 3 aromatic rings. The van der Waals surface area contributed by atoms with Gasteiger partial charge in [0.15, 0.2) is 0 Å². The lowest BCUT2D eigenvalue weighted by atomic mass is 9.91. The molecule has 1 amide bonds. The molecule has 1 N–H and O–H groups in total. The Morgan fingerprint density at radius 1 is 1.22 bits per heavy atom. The summed E-state index contributed by atoms with van der Waals surface area (Å²) in [5, 5.41) is 24.6. The minimum atomic E-state index is -0.467. The summed E-state index contributed by atoms with van der Waals surface area (Å²) in [6, 6.07) is 14.1. The SMILES string of the molecule is Cc1c(C#N)c(Cc2ccc(-n3cccn3)cc2)cc2c1CN([C@@H]1CCCC[C@H]1O)C2=O. The molecule has 2 atom stereocenters. The van der Waals surface area contributed by atoms with Gasteiger partial charge in [-0.1, -0.05) is 25.0 Å². The summed E-state index contributed by atoms with van der Waals surface area (Å²) in [5.41, 5.74) is 6.07. The Hall–Kier alpha value is -3.43. The number of nitrogens with zero attached hydrogens (tertiary/aromatic N) is 4. The summed E-state index contributed by atoms with van der Waals surface area (Å²) in [6.07, 6.45) is 7.37. The fourth-order valence-corrected chi connectivity index (χ4v) is 5.14. The van der Waals surface area contributed by atoms with Crippen molar-refractivity contribution in [2.75, 3.05) is 0 Å². The van der Waals surface area contributed by atoms with Crippen LogP contribution in [0.2, 0.25) is 0 Å². The number of carbonyl (C=O) groups excluding carboxylic acids is 1. The van der Waals surface area contributed by atoms with Gasteiger partial charge in [0.25, 0.3) is 5.91 Å². The van der Waals surface area contributed by atoms with Gasteiger partial charge in [-0.2, -0.15) is 10.4 Å². The Balaban J connectivity index is 1.45. The Bertz CT molecular complexity index is 1190. The van der Waals surface area contributed by atoms with Gasteiger partial charge < -0.3 is 10.0 Å². The number of amides is 1. The summed E-state index contributed by atoms with van der Waals surface area (Å²) < 4.78 is 1.80. The largest absolute Gasteiger partial charge is 0.391 e. The molecule has 2 heterocycles. The third kappa shape index (κ3) is 3.49. The maximum absolute atomic E-state index is 13.3. The van der Waals surface area contributed by atoms with E-state index in [1.165, 1.54) is 0 Å². The van der Waals surface area contributed by atoms with E-state index in [1.54, 1.807) is 10.9 Å². The van der Waals surface area contributed by atoms with E-state index in [2.05, 4.69) is 11.2 Å². The summed E-state index contributed by atoms with van der Waals surface area (Å²) >= 11 is 0. The molecule has 0 radical (unpaired) electrons. The molecule has 0 unspecified atom stereocenters. The number of fused-ring (bicyclic) bond motifs is 1. The van der Waals surface area contributed by atoms with Gasteiger partial charge in [0, 0.05) is 24.5 Å². The molecule has 2 aliphatic rings. The number of rotatable bonds is 4. The molecule has 6 nitrogen and oxygen atoms in total. The fourth-order valence-electron chi connectivity index (χ4n) is 5.14. The van der Waals surface area contributed by atoms with Gasteiger partial charge in [-0.15, -0.1) is 0 Å². The molecule has 2 aromatic carbocycles. The van der Waals surface area contributed by atoms with Crippen LogP contribution in [-0.2, 0) is 13.0 Å². The smallest absolute Gasteiger partial charge is 0.254 e. The lowest BCUT2D eigenvalue weighted by molar-refractivity contribution is 0.0191. The minimum absolute atomic E-state index is 0.0196. The Kier molecular flexibility index (Phi) is 5.28. The average Bonchev–Trinajstić information content (AvgIpc) is 3.44. The molecular formula is C26H26N4O2. The zero-order valence-corrected chi connectivity index (χ0v) is 18.2. The molecule has 162 valence electrons. The van der Waals surface area contributed by atoms with Gasteiger partial charge >= 0.3 is 0 Å². The van der Waals surface area contributed by atoms with Crippen molar-refractivity contribution < 1.29 is 9.90 Å². The summed E-state index contributed by atoms with van der Waals surface area (Å²) in [4.78, 5) is 15.1. The molecule has 0 spiro atoms. The van der Waals surface area contributed by atoms with Gasteiger partial charge in [-0.3, -0.25) is 4.79 Å². The van der Waals surface area contributed by atoms with Crippen LogP contribution in [0.1, 0.15) is 63.9 Å². The van der Waals surface area contributed by atoms with Crippen LogP contribution in [0.5, 0.6) is 0 Å². The van der Waals surface area contributed by atoms with Crippen molar-refractivity contribution in [1.82, 2.24) is 14.7 Å². The van der Waals surface area contributed by atoms with E-state index < -0.39 is 6.10 Å². The first-order valence-electron chi connectivity index (χ1n) is 11.2. The second kappa shape index (κ2) is 8.25. The second-order valence-corrected chi connectivity index (χ2v) is 8.82. The van der Waals surface area contributed by atoms with Crippen molar-refractivity contribution in [2.45, 2.75) is 57.7 Å². The topological polar surface area (TPSA) is 82.2 Å². The molecule has 6 heteroatoms. The highest BCUT2D eigenvalue weighted by Gasteiger charge is 2.38. The van der Waals surface area contributed by atoms with E-state index in [9.17, 15) is 15.2 Å². The fraction of sp³-hybridized carbons (Fsp3) is 0.346. The molecule has 32 heavy (non-hydrogen) atoms. The molecule has 1 aliphatic carbocycles. The molecule has 1 saturated carbocycles. The Morgan fingerprint density at radius 2 is 2.00 bits per heavy atom. The van der Waals surface area contributed by atoms with Crippen LogP contribution in [0.25, 0.3) is 5.69 Å². The first-order valence-corrected chi connectivity index (χ1v) is 11.2. The van der Waals surface area contributed by atoms with Gasteiger partial charge in [0.2, 0.25) is 0 Å². The quantitative estimate of drug-likeness (QED) is 0.686. The predicted octanol–water partition coefficient (Wildman–Crippen LogP) is 3.90. The highest BCUT2D eigenvalue weighted by Crippen LogP contribution is 2.35. The van der Waals surface area contributed by atoms with Gasteiger partial charge in [-0.25, -0.2) is 4.68 Å². The maximum Gasteiger partial charge on any atom is 0.254 e. The van der Waals surface area contributed by atoms with Crippen LogP contribution in [-0.4, -0.2) is 37.8 Å². The van der Waals surface area contributed by atoms with Crippen molar-refractivity contribution in [2.24, 2.45) is 0 Å². The van der Waals surface area contributed by atoms with Crippen LogP contribution in [0, 0.1) is 18.3 Å². The number of aliphatic hydroxyl groups excluding tert-OH is 1. The van der Waals surface area contributed by atoms with E-state index in [0.29, 0.717) is 24.1 Å². The lowest BCUT2D eigenvalue weighted by Gasteiger charge is -2.35. The second-order valence-electron chi connectivity index (χ2n) is 8.82. The number of aliphatic hydroxyl groups is 1. The van der Waals surface area contributed by atoms with E-state index in [-0.39, 0.29) is 11.9 Å². The highest BCUT2D eigenvalue weighted by molar-refractivity contribution is 5.99. The maximum atomic E-state index is 13.3. The van der Waals surface area contributed by atoms with Crippen molar-refractivity contribution in [3.8, 4) is 11.8 Å². The van der Waals surface area contributed by atoms with E-state index >= 15 is 0 Å².